The molecule has 2 atom stereocenters. The minimum Gasteiger partial charge on any atom is -0.465 e. The third-order valence-corrected chi connectivity index (χ3v) is 3.90. The lowest BCUT2D eigenvalue weighted by Crippen LogP contribution is -2.36. The summed E-state index contributed by atoms with van der Waals surface area (Å²) in [6.07, 6.45) is 5.79. The lowest BCUT2D eigenvalue weighted by molar-refractivity contribution is -0.0643. The third-order valence-electron chi connectivity index (χ3n) is 3.27. The van der Waals surface area contributed by atoms with Gasteiger partial charge in [0.1, 0.15) is 11.4 Å². The fourth-order valence-corrected chi connectivity index (χ4v) is 2.81. The van der Waals surface area contributed by atoms with Gasteiger partial charge < -0.3 is 9.52 Å². The molecule has 1 heterocycles. The fourth-order valence-electron chi connectivity index (χ4n) is 2.27. The zero-order valence-corrected chi connectivity index (χ0v) is 9.88. The largest absolute Gasteiger partial charge is 0.465 e. The molecule has 0 amide bonds. The van der Waals surface area contributed by atoms with Crippen LogP contribution in [-0.2, 0) is 5.60 Å². The molecule has 0 radical (unpaired) electrons. The van der Waals surface area contributed by atoms with E-state index in [0.29, 0.717) is 5.76 Å². The molecular formula is C11H15BrO2. The first-order chi connectivity index (χ1) is 6.64. The molecule has 0 bridgehead atoms. The van der Waals surface area contributed by atoms with Crippen molar-refractivity contribution in [2.45, 2.75) is 38.2 Å². The quantitative estimate of drug-likeness (QED) is 0.838. The van der Waals surface area contributed by atoms with E-state index in [-0.39, 0.29) is 5.92 Å². The maximum atomic E-state index is 10.6. The van der Waals surface area contributed by atoms with Crippen LogP contribution in [-0.4, -0.2) is 5.11 Å². The fraction of sp³-hybridized carbons (Fsp3) is 0.636. The first kappa shape index (κ1) is 10.2. The van der Waals surface area contributed by atoms with Gasteiger partial charge in [-0.15, -0.1) is 0 Å². The molecule has 1 aromatic heterocycles. The molecule has 1 aliphatic rings. The Balaban J connectivity index is 2.34. The van der Waals surface area contributed by atoms with Crippen molar-refractivity contribution in [3.8, 4) is 0 Å². The molecule has 1 aromatic rings. The van der Waals surface area contributed by atoms with Gasteiger partial charge in [0.05, 0.1) is 10.7 Å². The predicted octanol–water partition coefficient (Wildman–Crippen LogP) is 3.44. The van der Waals surface area contributed by atoms with Crippen LogP contribution in [0.15, 0.2) is 21.2 Å². The molecule has 2 nitrogen and oxygen atoms in total. The summed E-state index contributed by atoms with van der Waals surface area (Å²) >= 11 is 3.41. The Morgan fingerprint density at radius 1 is 1.57 bits per heavy atom. The monoisotopic (exact) mass is 258 g/mol. The smallest absolute Gasteiger partial charge is 0.149 e. The van der Waals surface area contributed by atoms with Crippen molar-refractivity contribution in [3.05, 3.63) is 22.6 Å². The van der Waals surface area contributed by atoms with Gasteiger partial charge in [-0.1, -0.05) is 19.8 Å². The molecule has 0 saturated heterocycles. The Kier molecular flexibility index (Phi) is 2.71. The van der Waals surface area contributed by atoms with Crippen molar-refractivity contribution in [1.82, 2.24) is 0 Å². The zero-order chi connectivity index (χ0) is 10.2. The zero-order valence-electron chi connectivity index (χ0n) is 8.29. The van der Waals surface area contributed by atoms with Crippen molar-refractivity contribution in [1.29, 1.82) is 0 Å². The lowest BCUT2D eigenvalue weighted by Gasteiger charge is -2.36. The average Bonchev–Trinajstić information content (AvgIpc) is 2.57. The molecule has 1 N–H and O–H groups in total. The highest BCUT2D eigenvalue weighted by Crippen LogP contribution is 2.44. The molecule has 1 fully saturated rings. The van der Waals surface area contributed by atoms with Crippen molar-refractivity contribution < 1.29 is 9.52 Å². The number of hydrogen-bond acceptors (Lipinski definition) is 2. The summed E-state index contributed by atoms with van der Waals surface area (Å²) in [7, 11) is 0. The highest BCUT2D eigenvalue weighted by Gasteiger charge is 2.41. The SMILES string of the molecule is CC1CCCCC1(O)c1occc1Br. The second-order valence-electron chi connectivity index (χ2n) is 4.17. The summed E-state index contributed by atoms with van der Waals surface area (Å²) in [5, 5.41) is 10.6. The van der Waals surface area contributed by atoms with E-state index in [4.69, 9.17) is 4.42 Å². The molecule has 0 aliphatic heterocycles. The van der Waals surface area contributed by atoms with E-state index in [1.54, 1.807) is 6.26 Å². The van der Waals surface area contributed by atoms with Crippen LogP contribution < -0.4 is 0 Å². The summed E-state index contributed by atoms with van der Waals surface area (Å²) < 4.78 is 6.26. The third kappa shape index (κ3) is 1.52. The van der Waals surface area contributed by atoms with Gasteiger partial charge >= 0.3 is 0 Å². The van der Waals surface area contributed by atoms with Crippen LogP contribution in [0.2, 0.25) is 0 Å². The summed E-state index contributed by atoms with van der Waals surface area (Å²) in [6.45, 7) is 2.09. The lowest BCUT2D eigenvalue weighted by atomic mass is 9.75. The van der Waals surface area contributed by atoms with Crippen LogP contribution in [0.25, 0.3) is 0 Å². The molecule has 3 heteroatoms. The molecule has 2 unspecified atom stereocenters. The number of aliphatic hydroxyl groups is 1. The van der Waals surface area contributed by atoms with Gasteiger partial charge in [-0.3, -0.25) is 0 Å². The first-order valence-corrected chi connectivity index (χ1v) is 5.90. The van der Waals surface area contributed by atoms with Crippen molar-refractivity contribution in [2.75, 3.05) is 0 Å². The number of halogens is 1. The van der Waals surface area contributed by atoms with Crippen molar-refractivity contribution in [2.24, 2.45) is 5.92 Å². The first-order valence-electron chi connectivity index (χ1n) is 5.10. The summed E-state index contributed by atoms with van der Waals surface area (Å²) in [5.74, 6) is 0.975. The minimum atomic E-state index is -0.763. The molecule has 1 aliphatic carbocycles. The van der Waals surface area contributed by atoms with E-state index in [2.05, 4.69) is 22.9 Å². The molecular weight excluding hydrogens is 244 g/mol. The van der Waals surface area contributed by atoms with Crippen LogP contribution in [0.4, 0.5) is 0 Å². The van der Waals surface area contributed by atoms with E-state index < -0.39 is 5.60 Å². The second kappa shape index (κ2) is 3.70. The average molecular weight is 259 g/mol. The number of rotatable bonds is 1. The maximum absolute atomic E-state index is 10.6. The number of hydrogen-bond donors (Lipinski definition) is 1. The van der Waals surface area contributed by atoms with Gasteiger partial charge in [-0.25, -0.2) is 0 Å². The van der Waals surface area contributed by atoms with Crippen LogP contribution in [0, 0.1) is 5.92 Å². The van der Waals surface area contributed by atoms with E-state index in [9.17, 15) is 5.11 Å². The van der Waals surface area contributed by atoms with E-state index in [1.807, 2.05) is 6.07 Å². The van der Waals surface area contributed by atoms with Gasteiger partial charge in [-0.2, -0.15) is 0 Å². The van der Waals surface area contributed by atoms with Gasteiger partial charge in [0.25, 0.3) is 0 Å². The number of furan rings is 1. The maximum Gasteiger partial charge on any atom is 0.149 e. The van der Waals surface area contributed by atoms with Crippen molar-refractivity contribution >= 4 is 15.9 Å². The summed E-state index contributed by atoms with van der Waals surface area (Å²) in [4.78, 5) is 0. The Labute approximate surface area is 92.4 Å². The van der Waals surface area contributed by atoms with E-state index in [0.717, 1.165) is 23.7 Å². The van der Waals surface area contributed by atoms with Crippen LogP contribution in [0.5, 0.6) is 0 Å². The van der Waals surface area contributed by atoms with E-state index >= 15 is 0 Å². The Hall–Kier alpha value is -0.280. The summed E-state index contributed by atoms with van der Waals surface area (Å²) in [6, 6.07) is 1.84. The molecule has 2 rings (SSSR count). The van der Waals surface area contributed by atoms with Gasteiger partial charge in [0.15, 0.2) is 0 Å². The molecule has 0 aromatic carbocycles. The van der Waals surface area contributed by atoms with Crippen LogP contribution in [0.3, 0.4) is 0 Å². The Bertz CT molecular complexity index is 321. The molecule has 0 spiro atoms. The van der Waals surface area contributed by atoms with Gasteiger partial charge in [-0.05, 0) is 40.8 Å². The highest BCUT2D eigenvalue weighted by molar-refractivity contribution is 9.10. The van der Waals surface area contributed by atoms with Crippen LogP contribution >= 0.6 is 15.9 Å². The Morgan fingerprint density at radius 3 is 2.93 bits per heavy atom. The highest BCUT2D eigenvalue weighted by atomic mass is 79.9. The Morgan fingerprint density at radius 2 is 2.36 bits per heavy atom. The second-order valence-corrected chi connectivity index (χ2v) is 5.02. The van der Waals surface area contributed by atoms with Crippen LogP contribution in [0.1, 0.15) is 38.4 Å². The predicted molar refractivity (Wildman–Crippen MR) is 57.9 cm³/mol. The molecule has 14 heavy (non-hydrogen) atoms. The summed E-state index contributed by atoms with van der Waals surface area (Å²) in [5.41, 5.74) is -0.763. The van der Waals surface area contributed by atoms with Gasteiger partial charge in [0.2, 0.25) is 0 Å². The standard InChI is InChI=1S/C11H15BrO2/c1-8-4-2-3-6-11(8,13)10-9(12)5-7-14-10/h5,7-8,13H,2-4,6H2,1H3. The topological polar surface area (TPSA) is 33.4 Å². The normalized spacial score (nSPS) is 33.2. The minimum absolute atomic E-state index is 0.277. The molecule has 78 valence electrons. The van der Waals surface area contributed by atoms with E-state index in [1.165, 1.54) is 6.42 Å². The van der Waals surface area contributed by atoms with Gasteiger partial charge in [0, 0.05) is 0 Å². The molecule has 1 saturated carbocycles. The van der Waals surface area contributed by atoms with Crippen molar-refractivity contribution in [3.63, 3.8) is 0 Å².